The van der Waals surface area contributed by atoms with E-state index in [0.717, 1.165) is 0 Å². The average molecular weight is 254 g/mol. The van der Waals surface area contributed by atoms with Crippen LogP contribution in [0.2, 0.25) is 0 Å². The van der Waals surface area contributed by atoms with Crippen molar-refractivity contribution in [2.45, 2.75) is 6.61 Å². The van der Waals surface area contributed by atoms with Crippen LogP contribution in [-0.4, -0.2) is 21.8 Å². The summed E-state index contributed by atoms with van der Waals surface area (Å²) in [7, 11) is 0. The van der Waals surface area contributed by atoms with Crippen molar-refractivity contribution in [1.82, 2.24) is 0 Å². The average Bonchev–Trinajstić information content (AvgIpc) is 2.44. The molecule has 0 unspecified atom stereocenters. The molecule has 94 valence electrons. The summed E-state index contributed by atoms with van der Waals surface area (Å²) < 4.78 is 0. The molecule has 0 fully saturated rings. The molecule has 4 nitrogen and oxygen atoms in total. The van der Waals surface area contributed by atoms with E-state index in [1.54, 1.807) is 6.07 Å². The van der Waals surface area contributed by atoms with Gasteiger partial charge in [0.2, 0.25) is 0 Å². The van der Waals surface area contributed by atoms with Crippen molar-refractivity contribution < 1.29 is 19.8 Å². The number of aliphatic hydroxyl groups excluding tert-OH is 1. The number of benzene rings is 2. The Kier molecular flexibility index (Phi) is 2.47. The molecule has 0 bridgehead atoms. The molecule has 0 heterocycles. The highest BCUT2D eigenvalue weighted by atomic mass is 16.3. The summed E-state index contributed by atoms with van der Waals surface area (Å²) in [5, 5.41) is 18.9. The second-order valence-electron chi connectivity index (χ2n) is 4.40. The second-order valence-corrected chi connectivity index (χ2v) is 4.40. The zero-order valence-corrected chi connectivity index (χ0v) is 9.88. The van der Waals surface area contributed by atoms with Crippen LogP contribution in [0.5, 0.6) is 5.75 Å². The van der Waals surface area contributed by atoms with Crippen LogP contribution in [0, 0.1) is 0 Å². The van der Waals surface area contributed by atoms with Crippen LogP contribution >= 0.6 is 0 Å². The molecular weight excluding hydrogens is 244 g/mol. The molecular formula is C15H10O4. The van der Waals surface area contributed by atoms with Crippen molar-refractivity contribution in [2.24, 2.45) is 0 Å². The quantitative estimate of drug-likeness (QED) is 0.692. The van der Waals surface area contributed by atoms with Crippen molar-refractivity contribution >= 4 is 11.6 Å². The predicted octanol–water partition coefficient (Wildman–Crippen LogP) is 1.66. The fraction of sp³-hybridized carbons (Fsp3) is 0.0667. The minimum Gasteiger partial charge on any atom is -0.507 e. The van der Waals surface area contributed by atoms with E-state index in [2.05, 4.69) is 0 Å². The molecule has 0 aromatic heterocycles. The molecule has 0 amide bonds. The van der Waals surface area contributed by atoms with Crippen LogP contribution in [0.3, 0.4) is 0 Å². The molecule has 2 aromatic carbocycles. The summed E-state index contributed by atoms with van der Waals surface area (Å²) in [6.45, 7) is -0.206. The summed E-state index contributed by atoms with van der Waals surface area (Å²) in [6, 6.07) is 9.08. The third-order valence-electron chi connectivity index (χ3n) is 3.27. The normalized spacial score (nSPS) is 13.1. The monoisotopic (exact) mass is 254 g/mol. The minimum absolute atomic E-state index is 0.0371. The molecule has 2 aromatic rings. The molecule has 0 spiro atoms. The Morgan fingerprint density at radius 1 is 0.895 bits per heavy atom. The van der Waals surface area contributed by atoms with Crippen molar-refractivity contribution in [3.8, 4) is 5.75 Å². The number of fused-ring (bicyclic) bond motifs is 2. The van der Waals surface area contributed by atoms with E-state index < -0.39 is 5.78 Å². The third kappa shape index (κ3) is 1.57. The van der Waals surface area contributed by atoms with Gasteiger partial charge in [0.1, 0.15) is 5.75 Å². The van der Waals surface area contributed by atoms with Gasteiger partial charge < -0.3 is 10.2 Å². The number of carbonyl (C=O) groups excluding carboxylic acids is 2. The smallest absolute Gasteiger partial charge is 0.198 e. The zero-order valence-electron chi connectivity index (χ0n) is 9.88. The highest BCUT2D eigenvalue weighted by Gasteiger charge is 2.31. The molecule has 0 radical (unpaired) electrons. The van der Waals surface area contributed by atoms with Gasteiger partial charge >= 0.3 is 0 Å². The summed E-state index contributed by atoms with van der Waals surface area (Å²) in [4.78, 5) is 24.6. The Hall–Kier alpha value is -2.46. The molecule has 4 heteroatoms. The van der Waals surface area contributed by atoms with Crippen molar-refractivity contribution in [3.63, 3.8) is 0 Å². The number of hydrogen-bond donors (Lipinski definition) is 2. The van der Waals surface area contributed by atoms with Gasteiger partial charge in [-0.3, -0.25) is 9.59 Å². The summed E-state index contributed by atoms with van der Waals surface area (Å²) in [6.07, 6.45) is 0. The van der Waals surface area contributed by atoms with Crippen molar-refractivity contribution in [1.29, 1.82) is 0 Å². The van der Waals surface area contributed by atoms with Crippen LogP contribution in [0.25, 0.3) is 0 Å². The van der Waals surface area contributed by atoms with Gasteiger partial charge in [-0.25, -0.2) is 0 Å². The molecule has 1 aliphatic rings. The maximum Gasteiger partial charge on any atom is 0.198 e. The second kappa shape index (κ2) is 4.03. The number of carbonyl (C=O) groups is 2. The Morgan fingerprint density at radius 3 is 2.42 bits per heavy atom. The Balaban J connectivity index is 2.30. The van der Waals surface area contributed by atoms with Gasteiger partial charge in [-0.05, 0) is 23.8 Å². The highest BCUT2D eigenvalue weighted by molar-refractivity contribution is 6.29. The lowest BCUT2D eigenvalue weighted by Crippen LogP contribution is -2.21. The number of ketones is 2. The van der Waals surface area contributed by atoms with Crippen LogP contribution in [0.1, 0.15) is 37.4 Å². The summed E-state index contributed by atoms with van der Waals surface area (Å²) in [5.41, 5.74) is 1.34. The van der Waals surface area contributed by atoms with E-state index in [9.17, 15) is 14.7 Å². The molecule has 1 aliphatic carbocycles. The van der Waals surface area contributed by atoms with Crippen LogP contribution in [-0.2, 0) is 6.61 Å². The topological polar surface area (TPSA) is 74.6 Å². The lowest BCUT2D eigenvalue weighted by Gasteiger charge is -2.18. The van der Waals surface area contributed by atoms with Gasteiger partial charge in [0, 0.05) is 16.7 Å². The van der Waals surface area contributed by atoms with E-state index >= 15 is 0 Å². The van der Waals surface area contributed by atoms with Gasteiger partial charge in [-0.1, -0.05) is 18.2 Å². The van der Waals surface area contributed by atoms with E-state index in [1.807, 2.05) is 0 Å². The molecule has 0 aliphatic heterocycles. The lowest BCUT2D eigenvalue weighted by molar-refractivity contribution is 0.0976. The first kappa shape index (κ1) is 11.6. The molecule has 0 atom stereocenters. The number of phenolic OH excluding ortho intramolecular Hbond substituents is 1. The molecule has 2 N–H and O–H groups in total. The van der Waals surface area contributed by atoms with Gasteiger partial charge in [0.05, 0.1) is 12.2 Å². The number of hydrogen-bond acceptors (Lipinski definition) is 4. The maximum atomic E-state index is 12.3. The molecule has 3 rings (SSSR count). The first-order valence-corrected chi connectivity index (χ1v) is 5.78. The van der Waals surface area contributed by atoms with Crippen molar-refractivity contribution in [3.05, 3.63) is 64.2 Å². The van der Waals surface area contributed by atoms with Gasteiger partial charge in [0.25, 0.3) is 0 Å². The Bertz CT molecular complexity index is 716. The summed E-state index contributed by atoms with van der Waals surface area (Å²) in [5.74, 6) is -0.876. The summed E-state index contributed by atoms with van der Waals surface area (Å²) >= 11 is 0. The van der Waals surface area contributed by atoms with Crippen LogP contribution in [0.4, 0.5) is 0 Å². The standard InChI is InChI=1S/C15H10O4/c16-7-8-4-5-9-11(6-8)15(19)13-10(14(9)18)2-1-3-12(13)17/h1-6,16-17H,7H2. The Labute approximate surface area is 108 Å². The first-order valence-electron chi connectivity index (χ1n) is 5.78. The highest BCUT2D eigenvalue weighted by Crippen LogP contribution is 2.32. The van der Waals surface area contributed by atoms with E-state index in [4.69, 9.17) is 5.11 Å². The predicted molar refractivity (Wildman–Crippen MR) is 67.3 cm³/mol. The number of aliphatic hydroxyl groups is 1. The van der Waals surface area contributed by atoms with Crippen molar-refractivity contribution in [2.75, 3.05) is 0 Å². The Morgan fingerprint density at radius 2 is 1.68 bits per heavy atom. The third-order valence-corrected chi connectivity index (χ3v) is 3.27. The fourth-order valence-electron chi connectivity index (χ4n) is 2.32. The zero-order chi connectivity index (χ0) is 13.6. The number of rotatable bonds is 1. The molecule has 0 saturated heterocycles. The van der Waals surface area contributed by atoms with Crippen LogP contribution in [0.15, 0.2) is 36.4 Å². The maximum absolute atomic E-state index is 12.3. The number of aromatic hydroxyl groups is 1. The molecule has 19 heavy (non-hydrogen) atoms. The SMILES string of the molecule is O=C1c2ccc(CO)cc2C(=O)c2c(O)cccc21. The van der Waals surface area contributed by atoms with E-state index in [0.29, 0.717) is 11.1 Å². The van der Waals surface area contributed by atoms with Gasteiger partial charge in [-0.15, -0.1) is 0 Å². The molecule has 0 saturated carbocycles. The van der Waals surface area contributed by atoms with Gasteiger partial charge in [0.15, 0.2) is 11.6 Å². The van der Waals surface area contributed by atoms with E-state index in [-0.39, 0.29) is 34.8 Å². The number of phenols is 1. The van der Waals surface area contributed by atoms with Crippen LogP contribution < -0.4 is 0 Å². The lowest BCUT2D eigenvalue weighted by atomic mass is 9.83. The largest absolute Gasteiger partial charge is 0.507 e. The van der Waals surface area contributed by atoms with E-state index in [1.165, 1.54) is 30.3 Å². The minimum atomic E-state index is -0.391. The first-order chi connectivity index (χ1) is 9.13. The van der Waals surface area contributed by atoms with Gasteiger partial charge in [-0.2, -0.15) is 0 Å². The fourth-order valence-corrected chi connectivity index (χ4v) is 2.32.